The highest BCUT2D eigenvalue weighted by Gasteiger charge is 2.32. The number of hydrogen-bond donors (Lipinski definition) is 1. The minimum atomic E-state index is -4.65. The van der Waals surface area contributed by atoms with Crippen LogP contribution in [0.3, 0.4) is 0 Å². The average Bonchev–Trinajstić information content (AvgIpc) is 2.79. The summed E-state index contributed by atoms with van der Waals surface area (Å²) in [6.45, 7) is 1.20. The van der Waals surface area contributed by atoms with Gasteiger partial charge in [0.25, 0.3) is 0 Å². The number of sulfonamides is 1. The third-order valence-corrected chi connectivity index (χ3v) is 7.32. The maximum absolute atomic E-state index is 13.1. The Balaban J connectivity index is 2.24. The van der Waals surface area contributed by atoms with Crippen LogP contribution in [0.2, 0.25) is 10.0 Å². The molecule has 1 unspecified atom stereocenters. The van der Waals surface area contributed by atoms with Gasteiger partial charge in [0, 0.05) is 42.2 Å². The van der Waals surface area contributed by atoms with Crippen LogP contribution in [-0.2, 0) is 32.3 Å². The van der Waals surface area contributed by atoms with Crippen molar-refractivity contribution in [1.29, 1.82) is 0 Å². The fourth-order valence-corrected chi connectivity index (χ4v) is 4.96. The molecule has 198 valence electrons. The Morgan fingerprint density at radius 1 is 1.08 bits per heavy atom. The van der Waals surface area contributed by atoms with Crippen LogP contribution >= 0.6 is 23.2 Å². The number of benzene rings is 2. The van der Waals surface area contributed by atoms with Crippen molar-refractivity contribution < 1.29 is 31.2 Å². The number of hydrogen-bond acceptors (Lipinski definition) is 4. The summed E-state index contributed by atoms with van der Waals surface area (Å²) in [6, 6.07) is 7.86. The summed E-state index contributed by atoms with van der Waals surface area (Å²) in [5, 5.41) is 3.08. The van der Waals surface area contributed by atoms with Crippen LogP contribution in [0.4, 0.5) is 18.9 Å². The van der Waals surface area contributed by atoms with Gasteiger partial charge in [-0.05, 0) is 43.7 Å². The van der Waals surface area contributed by atoms with Crippen LogP contribution in [0.25, 0.3) is 0 Å². The predicted molar refractivity (Wildman–Crippen MR) is 133 cm³/mol. The molecule has 0 aliphatic rings. The second-order valence-corrected chi connectivity index (χ2v) is 10.7. The Morgan fingerprint density at radius 2 is 1.67 bits per heavy atom. The van der Waals surface area contributed by atoms with E-state index < -0.39 is 39.6 Å². The van der Waals surface area contributed by atoms with Gasteiger partial charge in [-0.25, -0.2) is 8.42 Å². The number of alkyl halides is 3. The lowest BCUT2D eigenvalue weighted by atomic mass is 10.1. The molecule has 7 nitrogen and oxygen atoms in total. The summed E-state index contributed by atoms with van der Waals surface area (Å²) in [7, 11) is -2.53. The number of likely N-dealkylation sites (N-methyl/N-ethyl adjacent to an activating group) is 1. The summed E-state index contributed by atoms with van der Waals surface area (Å²) < 4.78 is 64.8. The third-order valence-electron chi connectivity index (χ3n) is 5.42. The lowest BCUT2D eigenvalue weighted by Gasteiger charge is -2.29. The van der Waals surface area contributed by atoms with Crippen molar-refractivity contribution in [2.75, 3.05) is 24.2 Å². The van der Waals surface area contributed by atoms with Crippen molar-refractivity contribution in [1.82, 2.24) is 10.2 Å². The van der Waals surface area contributed by atoms with Gasteiger partial charge in [0.2, 0.25) is 21.8 Å². The molecule has 0 spiro atoms. The largest absolute Gasteiger partial charge is 0.416 e. The van der Waals surface area contributed by atoms with Crippen LogP contribution in [0.15, 0.2) is 42.5 Å². The SMILES string of the molecule is CNC(=O)C(C)N(Cc1c(Cl)cccc1Cl)C(=O)CCCN(c1cccc(C(F)(F)F)c1)S(C)(=O)=O. The van der Waals surface area contributed by atoms with Gasteiger partial charge >= 0.3 is 6.18 Å². The monoisotopic (exact) mass is 567 g/mol. The lowest BCUT2D eigenvalue weighted by molar-refractivity contribution is -0.140. The summed E-state index contributed by atoms with van der Waals surface area (Å²) >= 11 is 12.5. The highest BCUT2D eigenvalue weighted by Crippen LogP contribution is 2.32. The average molecular weight is 568 g/mol. The van der Waals surface area contributed by atoms with Gasteiger partial charge < -0.3 is 10.2 Å². The standard InChI is InChI=1S/C23H26Cl2F3N3O4S/c1-15(22(33)29-2)30(14-18-19(24)9-5-10-20(18)25)21(32)11-6-12-31(36(3,34)35)17-8-4-7-16(13-17)23(26,27)28/h4-5,7-10,13,15H,6,11-12,14H2,1-3H3,(H,29,33). The molecular formula is C23H26Cl2F3N3O4S. The first kappa shape index (κ1) is 29.7. The zero-order chi connectivity index (χ0) is 27.3. The van der Waals surface area contributed by atoms with E-state index >= 15 is 0 Å². The number of carbonyl (C=O) groups is 2. The number of nitrogens with one attached hydrogen (secondary N) is 1. The highest BCUT2D eigenvalue weighted by molar-refractivity contribution is 7.92. The smallest absolute Gasteiger partial charge is 0.357 e. The fourth-order valence-electron chi connectivity index (χ4n) is 3.49. The second kappa shape index (κ2) is 12.2. The quantitative estimate of drug-likeness (QED) is 0.450. The number of halogens is 5. The number of anilines is 1. The van der Waals surface area contributed by atoms with Crippen LogP contribution in [0.5, 0.6) is 0 Å². The van der Waals surface area contributed by atoms with Crippen molar-refractivity contribution in [3.63, 3.8) is 0 Å². The van der Waals surface area contributed by atoms with E-state index in [1.807, 2.05) is 0 Å². The molecule has 0 aliphatic carbocycles. The Hall–Kier alpha value is -2.50. The molecule has 0 bridgehead atoms. The molecule has 2 aromatic rings. The molecule has 0 saturated carbocycles. The highest BCUT2D eigenvalue weighted by atomic mass is 35.5. The molecule has 1 N–H and O–H groups in total. The van der Waals surface area contributed by atoms with Gasteiger partial charge in [0.1, 0.15) is 6.04 Å². The van der Waals surface area contributed by atoms with Crippen LogP contribution in [-0.4, -0.2) is 51.0 Å². The topological polar surface area (TPSA) is 86.8 Å². The zero-order valence-corrected chi connectivity index (χ0v) is 22.1. The van der Waals surface area contributed by atoms with E-state index in [9.17, 15) is 31.2 Å². The van der Waals surface area contributed by atoms with E-state index in [0.717, 1.165) is 28.8 Å². The Labute approximate surface area is 218 Å². The maximum atomic E-state index is 13.1. The van der Waals surface area contributed by atoms with Crippen molar-refractivity contribution in [3.8, 4) is 0 Å². The number of nitrogens with zero attached hydrogens (tertiary/aromatic N) is 2. The molecule has 0 aliphatic heterocycles. The predicted octanol–water partition coefficient (Wildman–Crippen LogP) is 4.72. The molecule has 2 rings (SSSR count). The van der Waals surface area contributed by atoms with E-state index in [1.54, 1.807) is 18.2 Å². The Morgan fingerprint density at radius 3 is 2.19 bits per heavy atom. The van der Waals surface area contributed by atoms with E-state index in [1.165, 1.54) is 24.9 Å². The normalized spacial score (nSPS) is 12.7. The molecule has 0 saturated heterocycles. The molecule has 2 aromatic carbocycles. The fraction of sp³-hybridized carbons (Fsp3) is 0.391. The van der Waals surface area contributed by atoms with Gasteiger partial charge in [0.05, 0.1) is 17.5 Å². The van der Waals surface area contributed by atoms with Crippen LogP contribution < -0.4 is 9.62 Å². The van der Waals surface area contributed by atoms with Crippen LogP contribution in [0, 0.1) is 0 Å². The Kier molecular flexibility index (Phi) is 10.0. The molecule has 1 atom stereocenters. The molecule has 0 heterocycles. The maximum Gasteiger partial charge on any atom is 0.416 e. The Bertz CT molecular complexity index is 1190. The molecule has 0 radical (unpaired) electrons. The molecule has 13 heteroatoms. The van der Waals surface area contributed by atoms with E-state index in [2.05, 4.69) is 5.32 Å². The molecular weight excluding hydrogens is 542 g/mol. The summed E-state index contributed by atoms with van der Waals surface area (Å²) in [5.41, 5.74) is -0.725. The first-order chi connectivity index (χ1) is 16.7. The molecule has 0 fully saturated rings. The third kappa shape index (κ3) is 7.75. The van der Waals surface area contributed by atoms with Crippen molar-refractivity contribution in [2.24, 2.45) is 0 Å². The van der Waals surface area contributed by atoms with Crippen LogP contribution in [0.1, 0.15) is 30.9 Å². The van der Waals surface area contributed by atoms with E-state index in [4.69, 9.17) is 23.2 Å². The molecule has 2 amide bonds. The number of carbonyl (C=O) groups excluding carboxylic acids is 2. The summed E-state index contributed by atoms with van der Waals surface area (Å²) in [6.07, 6.45) is -3.98. The zero-order valence-electron chi connectivity index (χ0n) is 19.8. The minimum Gasteiger partial charge on any atom is -0.357 e. The van der Waals surface area contributed by atoms with Gasteiger partial charge in [0.15, 0.2) is 0 Å². The van der Waals surface area contributed by atoms with E-state index in [0.29, 0.717) is 15.6 Å². The summed E-state index contributed by atoms with van der Waals surface area (Å²) in [5.74, 6) is -0.923. The van der Waals surface area contributed by atoms with Crippen molar-refractivity contribution in [2.45, 2.75) is 38.5 Å². The first-order valence-corrected chi connectivity index (χ1v) is 13.4. The van der Waals surface area contributed by atoms with E-state index in [-0.39, 0.29) is 31.6 Å². The minimum absolute atomic E-state index is 0.0185. The number of amides is 2. The lowest BCUT2D eigenvalue weighted by Crippen LogP contribution is -2.47. The number of rotatable bonds is 10. The van der Waals surface area contributed by atoms with Gasteiger partial charge in [-0.1, -0.05) is 35.3 Å². The first-order valence-electron chi connectivity index (χ1n) is 10.8. The summed E-state index contributed by atoms with van der Waals surface area (Å²) in [4.78, 5) is 26.7. The van der Waals surface area contributed by atoms with Gasteiger partial charge in [-0.15, -0.1) is 0 Å². The van der Waals surface area contributed by atoms with Crippen molar-refractivity contribution >= 4 is 50.7 Å². The molecule has 36 heavy (non-hydrogen) atoms. The van der Waals surface area contributed by atoms with Crippen molar-refractivity contribution in [3.05, 3.63) is 63.6 Å². The second-order valence-electron chi connectivity index (χ2n) is 8.00. The van der Waals surface area contributed by atoms with Gasteiger partial charge in [-0.2, -0.15) is 13.2 Å². The molecule has 0 aromatic heterocycles. The van der Waals surface area contributed by atoms with Gasteiger partial charge in [-0.3, -0.25) is 13.9 Å².